The summed E-state index contributed by atoms with van der Waals surface area (Å²) in [7, 11) is 1.62. The zero-order valence-corrected chi connectivity index (χ0v) is 10.6. The van der Waals surface area contributed by atoms with Crippen LogP contribution in [-0.2, 0) is 5.75 Å². The molecule has 0 aliphatic carbocycles. The highest BCUT2D eigenvalue weighted by molar-refractivity contribution is 7.98. The third-order valence-electron chi connectivity index (χ3n) is 2.32. The van der Waals surface area contributed by atoms with Gasteiger partial charge in [0.15, 0.2) is 0 Å². The van der Waals surface area contributed by atoms with Crippen molar-refractivity contribution in [3.8, 4) is 11.8 Å². The summed E-state index contributed by atoms with van der Waals surface area (Å²) in [6.07, 6.45) is 5.01. The highest BCUT2D eigenvalue weighted by Crippen LogP contribution is 2.27. The number of ether oxygens (including phenoxy) is 1. The van der Waals surface area contributed by atoms with E-state index in [9.17, 15) is 0 Å². The van der Waals surface area contributed by atoms with Crippen molar-refractivity contribution < 1.29 is 4.74 Å². The van der Waals surface area contributed by atoms with Crippen LogP contribution < -0.4 is 4.74 Å². The molecule has 1 heterocycles. The van der Waals surface area contributed by atoms with Crippen LogP contribution in [-0.4, -0.2) is 17.1 Å². The Morgan fingerprint density at radius 2 is 2.28 bits per heavy atom. The molecule has 0 aliphatic rings. The average Bonchev–Trinajstić information content (AvgIpc) is 2.45. The molecule has 0 fully saturated rings. The number of thioether (sulfide) groups is 1. The molecule has 5 heteroatoms. The van der Waals surface area contributed by atoms with Gasteiger partial charge in [-0.3, -0.25) is 4.98 Å². The lowest BCUT2D eigenvalue weighted by Crippen LogP contribution is -1.92. The maximum Gasteiger partial charge on any atom is 0.122 e. The van der Waals surface area contributed by atoms with Crippen LogP contribution in [0, 0.1) is 11.3 Å². The van der Waals surface area contributed by atoms with Gasteiger partial charge in [0.05, 0.1) is 24.9 Å². The second-order valence-corrected chi connectivity index (χ2v) is 4.47. The molecule has 1 aromatic carbocycles. The number of hydrogen-bond donors (Lipinski definition) is 0. The molecule has 0 spiro atoms. The van der Waals surface area contributed by atoms with E-state index in [0.29, 0.717) is 11.3 Å². The lowest BCUT2D eigenvalue weighted by Gasteiger charge is -2.08. The number of aromatic nitrogens is 2. The van der Waals surface area contributed by atoms with E-state index < -0.39 is 0 Å². The molecule has 2 aromatic rings. The van der Waals surface area contributed by atoms with E-state index in [1.807, 2.05) is 12.1 Å². The van der Waals surface area contributed by atoms with Crippen molar-refractivity contribution in [1.29, 1.82) is 5.26 Å². The van der Waals surface area contributed by atoms with Gasteiger partial charge in [0.1, 0.15) is 10.8 Å². The monoisotopic (exact) mass is 257 g/mol. The van der Waals surface area contributed by atoms with Gasteiger partial charge < -0.3 is 4.74 Å². The summed E-state index contributed by atoms with van der Waals surface area (Å²) in [4.78, 5) is 8.19. The zero-order chi connectivity index (χ0) is 12.8. The van der Waals surface area contributed by atoms with Crippen LogP contribution in [0.25, 0.3) is 0 Å². The predicted molar refractivity (Wildman–Crippen MR) is 69.3 cm³/mol. The summed E-state index contributed by atoms with van der Waals surface area (Å²) in [5.74, 6) is 1.47. The molecule has 0 bridgehead atoms. The fraction of sp³-hybridized carbons (Fsp3) is 0.154. The second kappa shape index (κ2) is 6.03. The fourth-order valence-electron chi connectivity index (χ4n) is 1.47. The van der Waals surface area contributed by atoms with Gasteiger partial charge in [-0.1, -0.05) is 11.8 Å². The molecule has 4 nitrogen and oxygen atoms in total. The van der Waals surface area contributed by atoms with Crippen molar-refractivity contribution >= 4 is 11.8 Å². The van der Waals surface area contributed by atoms with E-state index in [2.05, 4.69) is 16.0 Å². The Morgan fingerprint density at radius 3 is 2.94 bits per heavy atom. The van der Waals surface area contributed by atoms with E-state index in [4.69, 9.17) is 10.00 Å². The maximum absolute atomic E-state index is 8.89. The molecule has 0 radical (unpaired) electrons. The van der Waals surface area contributed by atoms with E-state index in [0.717, 1.165) is 16.3 Å². The van der Waals surface area contributed by atoms with Gasteiger partial charge in [0.2, 0.25) is 0 Å². The summed E-state index contributed by atoms with van der Waals surface area (Å²) < 4.78 is 5.27. The smallest absolute Gasteiger partial charge is 0.122 e. The van der Waals surface area contributed by atoms with Crippen LogP contribution in [0.15, 0.2) is 41.8 Å². The summed E-state index contributed by atoms with van der Waals surface area (Å²) in [5.41, 5.74) is 1.61. The standard InChI is InChI=1S/C13H11N3OS/c1-17-12-3-2-10(7-14)6-11(12)9-18-13-8-15-4-5-16-13/h2-6,8H,9H2,1H3. The van der Waals surface area contributed by atoms with Crippen molar-refractivity contribution in [2.24, 2.45) is 0 Å². The number of hydrogen-bond acceptors (Lipinski definition) is 5. The van der Waals surface area contributed by atoms with E-state index in [1.54, 1.807) is 43.5 Å². The Morgan fingerprint density at radius 1 is 1.39 bits per heavy atom. The Bertz CT molecular complexity index is 566. The summed E-state index contributed by atoms with van der Waals surface area (Å²) >= 11 is 1.56. The summed E-state index contributed by atoms with van der Waals surface area (Å²) in [6, 6.07) is 7.52. The number of nitrogens with zero attached hydrogens (tertiary/aromatic N) is 3. The van der Waals surface area contributed by atoms with E-state index in [1.165, 1.54) is 0 Å². The largest absolute Gasteiger partial charge is 0.496 e. The van der Waals surface area contributed by atoms with E-state index >= 15 is 0 Å². The third kappa shape index (κ3) is 2.99. The van der Waals surface area contributed by atoms with Crippen molar-refractivity contribution in [1.82, 2.24) is 9.97 Å². The predicted octanol–water partition coefficient (Wildman–Crippen LogP) is 2.65. The Labute approximate surface area is 110 Å². The molecule has 18 heavy (non-hydrogen) atoms. The number of nitriles is 1. The highest BCUT2D eigenvalue weighted by atomic mass is 32.2. The van der Waals surface area contributed by atoms with Crippen LogP contribution >= 0.6 is 11.8 Å². The van der Waals surface area contributed by atoms with Crippen molar-refractivity contribution in [2.45, 2.75) is 10.8 Å². The molecule has 0 unspecified atom stereocenters. The quantitative estimate of drug-likeness (QED) is 0.788. The van der Waals surface area contributed by atoms with Gasteiger partial charge in [-0.2, -0.15) is 5.26 Å². The minimum Gasteiger partial charge on any atom is -0.496 e. The Hall–Kier alpha value is -2.06. The first-order valence-corrected chi connectivity index (χ1v) is 6.28. The first-order chi connectivity index (χ1) is 8.83. The second-order valence-electron chi connectivity index (χ2n) is 3.47. The van der Waals surface area contributed by atoms with Gasteiger partial charge >= 0.3 is 0 Å². The van der Waals surface area contributed by atoms with Gasteiger partial charge in [0, 0.05) is 23.7 Å². The van der Waals surface area contributed by atoms with Crippen molar-refractivity contribution in [3.05, 3.63) is 47.9 Å². The molecular weight excluding hydrogens is 246 g/mol. The molecule has 2 rings (SSSR count). The first kappa shape index (κ1) is 12.4. The van der Waals surface area contributed by atoms with Crippen molar-refractivity contribution in [3.63, 3.8) is 0 Å². The molecule has 0 aliphatic heterocycles. The first-order valence-electron chi connectivity index (χ1n) is 5.29. The normalized spacial score (nSPS) is 9.78. The van der Waals surface area contributed by atoms with Crippen LogP contribution in [0.2, 0.25) is 0 Å². The summed E-state index contributed by atoms with van der Waals surface area (Å²) in [6.45, 7) is 0. The molecule has 0 saturated heterocycles. The van der Waals surface area contributed by atoms with Crippen LogP contribution in [0.1, 0.15) is 11.1 Å². The van der Waals surface area contributed by atoms with E-state index in [-0.39, 0.29) is 0 Å². The molecule has 0 N–H and O–H groups in total. The maximum atomic E-state index is 8.89. The third-order valence-corrected chi connectivity index (χ3v) is 3.29. The Balaban J connectivity index is 2.15. The van der Waals surface area contributed by atoms with Gasteiger partial charge in [-0.05, 0) is 18.2 Å². The van der Waals surface area contributed by atoms with Gasteiger partial charge in [0.25, 0.3) is 0 Å². The van der Waals surface area contributed by atoms with Crippen molar-refractivity contribution in [2.75, 3.05) is 7.11 Å². The van der Waals surface area contributed by atoms with Gasteiger partial charge in [-0.15, -0.1) is 0 Å². The molecule has 90 valence electrons. The molecule has 0 saturated carbocycles. The lowest BCUT2D eigenvalue weighted by molar-refractivity contribution is 0.411. The number of benzene rings is 1. The highest BCUT2D eigenvalue weighted by Gasteiger charge is 2.06. The lowest BCUT2D eigenvalue weighted by atomic mass is 10.1. The SMILES string of the molecule is COc1ccc(C#N)cc1CSc1cnccn1. The zero-order valence-electron chi connectivity index (χ0n) is 9.83. The molecular formula is C13H11N3OS. The molecule has 0 atom stereocenters. The van der Waals surface area contributed by atoms with Gasteiger partial charge in [-0.25, -0.2) is 4.98 Å². The fourth-order valence-corrected chi connectivity index (χ4v) is 2.27. The number of methoxy groups -OCH3 is 1. The minimum absolute atomic E-state index is 0.630. The topological polar surface area (TPSA) is 58.8 Å². The Kier molecular flexibility index (Phi) is 4.15. The van der Waals surface area contributed by atoms with Crippen LogP contribution in [0.3, 0.4) is 0 Å². The number of rotatable bonds is 4. The summed E-state index contributed by atoms with van der Waals surface area (Å²) in [5, 5.41) is 9.74. The average molecular weight is 257 g/mol. The van der Waals surface area contributed by atoms with Crippen LogP contribution in [0.4, 0.5) is 0 Å². The molecule has 1 aromatic heterocycles. The minimum atomic E-state index is 0.630. The van der Waals surface area contributed by atoms with Crippen LogP contribution in [0.5, 0.6) is 5.75 Å². The molecule has 0 amide bonds.